The molecule has 3 aromatic rings. The number of fused-ring (bicyclic) bond motifs is 2. The van der Waals surface area contributed by atoms with Gasteiger partial charge in [0, 0.05) is 55.7 Å². The van der Waals surface area contributed by atoms with Crippen LogP contribution in [-0.2, 0) is 0 Å². The summed E-state index contributed by atoms with van der Waals surface area (Å²) in [6.07, 6.45) is 0. The largest absolute Gasteiger partial charge is 0.205 e. The van der Waals surface area contributed by atoms with E-state index in [1.165, 1.54) is 24.3 Å². The molecule has 0 saturated heterocycles. The summed E-state index contributed by atoms with van der Waals surface area (Å²) in [6, 6.07) is 14.8. The zero-order valence-electron chi connectivity index (χ0n) is 24.9. The highest BCUT2D eigenvalue weighted by Gasteiger charge is 2.45. The Morgan fingerprint density at radius 2 is 0.692 bits per heavy atom. The van der Waals surface area contributed by atoms with E-state index >= 15 is 8.78 Å². The van der Waals surface area contributed by atoms with Crippen LogP contribution in [-0.4, -0.2) is 0 Å². The van der Waals surface area contributed by atoms with Crippen LogP contribution in [0.3, 0.4) is 0 Å². The van der Waals surface area contributed by atoms with Gasteiger partial charge in [0.25, 0.3) is 0 Å². The fraction of sp³-hybridized carbons (Fsp3) is 0. The maximum atomic E-state index is 15.6. The number of nitriles is 10. The smallest absolute Gasteiger partial charge is 0.180 e. The third kappa shape index (κ3) is 4.36. The summed E-state index contributed by atoms with van der Waals surface area (Å²) < 4.78 is 91.1. The second-order valence-electron chi connectivity index (χ2n) is 10.2. The summed E-state index contributed by atoms with van der Waals surface area (Å²) in [7, 11) is 0. The molecular weight excluding hydrogens is 686 g/mol. The Balaban J connectivity index is 2.16. The highest BCUT2D eigenvalue weighted by atomic mass is 19.2. The van der Waals surface area contributed by atoms with Crippen molar-refractivity contribution in [3.05, 3.63) is 114 Å². The molecule has 0 heterocycles. The molecular formula is C36H2F6N10. The summed E-state index contributed by atoms with van der Waals surface area (Å²) in [5.41, 5.74) is -17.4. The average molecular weight is 688 g/mol. The van der Waals surface area contributed by atoms with E-state index in [0.717, 1.165) is 12.1 Å². The fourth-order valence-corrected chi connectivity index (χ4v) is 6.02. The van der Waals surface area contributed by atoms with Crippen molar-refractivity contribution in [2.24, 2.45) is 0 Å². The molecule has 52 heavy (non-hydrogen) atoms. The number of benzene rings is 3. The predicted molar refractivity (Wildman–Crippen MR) is 159 cm³/mol. The molecule has 238 valence electrons. The Morgan fingerprint density at radius 1 is 0.385 bits per heavy atom. The van der Waals surface area contributed by atoms with Crippen molar-refractivity contribution >= 4 is 33.4 Å². The summed E-state index contributed by atoms with van der Waals surface area (Å²) in [5, 5.41) is 99.9. The van der Waals surface area contributed by atoms with Crippen molar-refractivity contribution in [2.45, 2.75) is 0 Å². The van der Waals surface area contributed by atoms with Gasteiger partial charge in [-0.2, -0.15) is 52.6 Å². The molecule has 0 unspecified atom stereocenters. The molecule has 0 aromatic heterocycles. The molecule has 0 aliphatic heterocycles. The number of allylic oxidation sites excluding steroid dienone is 8. The van der Waals surface area contributed by atoms with Gasteiger partial charge in [0.05, 0.1) is 22.3 Å². The van der Waals surface area contributed by atoms with Crippen LogP contribution >= 0.6 is 0 Å². The zero-order chi connectivity index (χ0) is 38.3. The van der Waals surface area contributed by atoms with Gasteiger partial charge in [0.2, 0.25) is 0 Å². The van der Waals surface area contributed by atoms with Crippen molar-refractivity contribution in [3.8, 4) is 60.7 Å². The average Bonchev–Trinajstić information content (AvgIpc) is 3.65. The van der Waals surface area contributed by atoms with Gasteiger partial charge in [-0.1, -0.05) is 0 Å². The van der Waals surface area contributed by atoms with Crippen LogP contribution in [0.5, 0.6) is 0 Å². The summed E-state index contributed by atoms with van der Waals surface area (Å²) in [6.45, 7) is 0. The van der Waals surface area contributed by atoms with Crippen LogP contribution in [0.1, 0.15) is 55.6 Å². The molecule has 10 nitrogen and oxygen atoms in total. The van der Waals surface area contributed by atoms with E-state index in [9.17, 15) is 59.7 Å². The lowest BCUT2D eigenvalue weighted by molar-refractivity contribution is 0.489. The molecule has 3 aromatic carbocycles. The highest BCUT2D eigenvalue weighted by molar-refractivity contribution is 6.32. The molecule has 0 spiro atoms. The minimum Gasteiger partial charge on any atom is -0.205 e. The summed E-state index contributed by atoms with van der Waals surface area (Å²) >= 11 is 0. The van der Waals surface area contributed by atoms with E-state index in [0.29, 0.717) is 0 Å². The molecule has 0 amide bonds. The maximum absolute atomic E-state index is 15.6. The zero-order valence-corrected chi connectivity index (χ0v) is 24.9. The Kier molecular flexibility index (Phi) is 8.35. The number of rotatable bonds is 2. The second-order valence-corrected chi connectivity index (χ2v) is 10.2. The number of halogens is 6. The predicted octanol–water partition coefficient (Wildman–Crippen LogP) is 6.51. The standard InChI is InChI=1S/C36H2F6N10/c37-23-1-15(33(39)35(41)17(23)7-47)27-19(9-49)29-21(11-51)30-20(10-50)28(16-2-24(38)18(8-48)36(42)34(16)40)26(14(5-45)6-46)32(30)22(12-52)31(29)25(27)13(3-43)4-44/h1-2H. The minimum atomic E-state index is -2.06. The lowest BCUT2D eigenvalue weighted by Gasteiger charge is -2.16. The Labute approximate surface area is 286 Å². The summed E-state index contributed by atoms with van der Waals surface area (Å²) in [5.74, 6) is -11.4. The summed E-state index contributed by atoms with van der Waals surface area (Å²) in [4.78, 5) is 0. The van der Waals surface area contributed by atoms with Gasteiger partial charge in [-0.25, -0.2) is 26.3 Å². The van der Waals surface area contributed by atoms with Crippen LogP contribution < -0.4 is 0 Å². The first kappa shape index (κ1) is 34.4. The minimum absolute atomic E-state index is 0.248. The molecule has 5 rings (SSSR count). The molecule has 0 bridgehead atoms. The second kappa shape index (κ2) is 12.6. The lowest BCUT2D eigenvalue weighted by atomic mass is 9.82. The first-order valence-corrected chi connectivity index (χ1v) is 13.5. The van der Waals surface area contributed by atoms with Crippen molar-refractivity contribution in [1.29, 1.82) is 52.6 Å². The van der Waals surface area contributed by atoms with Crippen molar-refractivity contribution < 1.29 is 26.3 Å². The van der Waals surface area contributed by atoms with Gasteiger partial charge in [-0.15, -0.1) is 0 Å². The van der Waals surface area contributed by atoms with Crippen molar-refractivity contribution in [3.63, 3.8) is 0 Å². The van der Waals surface area contributed by atoms with E-state index in [1.807, 2.05) is 0 Å². The topological polar surface area (TPSA) is 238 Å². The Hall–Kier alpha value is -8.90. The third-order valence-electron chi connectivity index (χ3n) is 7.97. The van der Waals surface area contributed by atoms with Crippen molar-refractivity contribution in [1.82, 2.24) is 0 Å². The first-order valence-electron chi connectivity index (χ1n) is 13.5. The molecule has 0 radical (unpaired) electrons. The first-order chi connectivity index (χ1) is 24.9. The van der Waals surface area contributed by atoms with Crippen LogP contribution in [0.4, 0.5) is 26.3 Å². The lowest BCUT2D eigenvalue weighted by Crippen LogP contribution is -2.06. The molecule has 2 aliphatic carbocycles. The SMILES string of the molecule is N#CC(C#N)=C1C(c2cc(F)c(C#N)c(F)c2F)=C(C#N)c2c(C#N)c3c(c(C#N)c21)C(=C(C#N)C#N)C(c1cc(F)c(C#N)c(F)c1F)=C3C#N. The molecule has 16 heteroatoms. The number of hydrogen-bond acceptors (Lipinski definition) is 10. The van der Waals surface area contributed by atoms with Gasteiger partial charge in [-0.3, -0.25) is 0 Å². The van der Waals surface area contributed by atoms with Crippen molar-refractivity contribution in [2.75, 3.05) is 0 Å². The van der Waals surface area contributed by atoms with Gasteiger partial charge < -0.3 is 0 Å². The van der Waals surface area contributed by atoms with E-state index < -0.39 is 135 Å². The van der Waals surface area contributed by atoms with Gasteiger partial charge in [-0.05, 0) is 12.1 Å². The van der Waals surface area contributed by atoms with Crippen LogP contribution in [0, 0.1) is 148 Å². The molecule has 0 fully saturated rings. The maximum Gasteiger partial charge on any atom is 0.180 e. The molecule has 2 aliphatic rings. The Bertz CT molecular complexity index is 2700. The number of nitrogens with zero attached hydrogens (tertiary/aromatic N) is 10. The van der Waals surface area contributed by atoms with Gasteiger partial charge in [0.15, 0.2) is 23.3 Å². The van der Waals surface area contributed by atoms with E-state index in [1.54, 1.807) is 24.3 Å². The Morgan fingerprint density at radius 3 is 0.962 bits per heavy atom. The van der Waals surface area contributed by atoms with Crippen LogP contribution in [0.2, 0.25) is 0 Å². The van der Waals surface area contributed by atoms with Crippen LogP contribution in [0.15, 0.2) is 23.3 Å². The highest BCUT2D eigenvalue weighted by Crippen LogP contribution is 2.58. The van der Waals surface area contributed by atoms with E-state index in [-0.39, 0.29) is 12.1 Å². The fourth-order valence-electron chi connectivity index (χ4n) is 6.02. The van der Waals surface area contributed by atoms with E-state index in [4.69, 9.17) is 10.5 Å². The number of hydrogen-bond donors (Lipinski definition) is 0. The molecule has 0 saturated carbocycles. The quantitative estimate of drug-likeness (QED) is 0.161. The monoisotopic (exact) mass is 688 g/mol. The van der Waals surface area contributed by atoms with E-state index in [2.05, 4.69) is 0 Å². The van der Waals surface area contributed by atoms with Crippen LogP contribution in [0.25, 0.3) is 33.4 Å². The third-order valence-corrected chi connectivity index (χ3v) is 7.97. The normalized spacial score (nSPS) is 12.0. The molecule has 0 N–H and O–H groups in total. The van der Waals surface area contributed by atoms with Gasteiger partial charge in [0.1, 0.15) is 94.6 Å². The molecule has 0 atom stereocenters. The van der Waals surface area contributed by atoms with Gasteiger partial charge >= 0.3 is 0 Å².